The minimum absolute atomic E-state index is 0.0138. The maximum Gasteiger partial charge on any atom is 0.372 e. The van der Waals surface area contributed by atoms with Gasteiger partial charge in [-0.2, -0.15) is 0 Å². The highest BCUT2D eigenvalue weighted by molar-refractivity contribution is 5.98. The maximum atomic E-state index is 13.8. The number of methoxy groups -OCH3 is 1. The molecule has 1 atom stereocenters. The highest BCUT2D eigenvalue weighted by Gasteiger charge is 2.45. The molecule has 1 aromatic heterocycles. The van der Waals surface area contributed by atoms with Crippen LogP contribution in [-0.4, -0.2) is 35.2 Å². The van der Waals surface area contributed by atoms with Crippen molar-refractivity contribution in [2.24, 2.45) is 11.8 Å². The molecule has 3 rings (SSSR count). The van der Waals surface area contributed by atoms with E-state index in [0.717, 1.165) is 62.6 Å². The lowest BCUT2D eigenvalue weighted by molar-refractivity contribution is -0.187. The number of carbonyl (C=O) groups excluding carboxylic acids is 3. The van der Waals surface area contributed by atoms with Gasteiger partial charge in [-0.15, -0.1) is 0 Å². The monoisotopic (exact) mass is 516 g/mol. The molecule has 1 fully saturated rings. The van der Waals surface area contributed by atoms with Crippen LogP contribution in [0.2, 0.25) is 0 Å². The molecule has 0 aromatic carbocycles. The van der Waals surface area contributed by atoms with Crippen LogP contribution >= 0.6 is 0 Å². The second-order valence-corrected chi connectivity index (χ2v) is 11.0. The summed E-state index contributed by atoms with van der Waals surface area (Å²) < 4.78 is 12.4. The zero-order valence-corrected chi connectivity index (χ0v) is 23.0. The number of hydrogen-bond donors (Lipinski definition) is 1. The molecule has 0 saturated heterocycles. The van der Waals surface area contributed by atoms with E-state index in [4.69, 9.17) is 9.47 Å². The summed E-state index contributed by atoms with van der Waals surface area (Å²) in [5.41, 5.74) is -0.273. The maximum absolute atomic E-state index is 13.8. The molecule has 0 radical (unpaired) electrons. The second kappa shape index (κ2) is 13.2. The van der Waals surface area contributed by atoms with Crippen molar-refractivity contribution < 1.29 is 23.9 Å². The summed E-state index contributed by atoms with van der Waals surface area (Å²) in [4.78, 5) is 52.9. The normalized spacial score (nSPS) is 18.2. The SMILES string of the molecule is CCCC(NC(=O)c1cc2c(n(CC3CCCCC3)c1=O)CCCCCC2)(OC(=O)C(C)C)C(=O)OC. The van der Waals surface area contributed by atoms with E-state index in [9.17, 15) is 19.2 Å². The van der Waals surface area contributed by atoms with Crippen LogP contribution < -0.4 is 10.9 Å². The minimum Gasteiger partial charge on any atom is -0.465 e. The molecule has 1 amide bonds. The van der Waals surface area contributed by atoms with Gasteiger partial charge in [0.25, 0.3) is 17.2 Å². The van der Waals surface area contributed by atoms with Gasteiger partial charge in [-0.3, -0.25) is 14.4 Å². The van der Waals surface area contributed by atoms with E-state index in [2.05, 4.69) is 5.32 Å². The molecule has 0 spiro atoms. The minimum atomic E-state index is -1.99. The van der Waals surface area contributed by atoms with Crippen molar-refractivity contribution >= 4 is 17.8 Å². The van der Waals surface area contributed by atoms with E-state index in [1.54, 1.807) is 19.9 Å². The Morgan fingerprint density at radius 2 is 1.70 bits per heavy atom. The summed E-state index contributed by atoms with van der Waals surface area (Å²) in [5.74, 6) is -2.32. The summed E-state index contributed by atoms with van der Waals surface area (Å²) in [6, 6.07) is 1.70. The van der Waals surface area contributed by atoms with Crippen LogP contribution in [0.4, 0.5) is 0 Å². The number of amides is 1. The third-order valence-corrected chi connectivity index (χ3v) is 7.69. The molecule has 0 aliphatic heterocycles. The summed E-state index contributed by atoms with van der Waals surface area (Å²) in [6.07, 6.45) is 12.1. The highest BCUT2D eigenvalue weighted by Crippen LogP contribution is 2.27. The topological polar surface area (TPSA) is 104 Å². The van der Waals surface area contributed by atoms with Crippen LogP contribution in [-0.2, 0) is 38.4 Å². The molecular formula is C29H44N2O6. The predicted molar refractivity (Wildman–Crippen MR) is 141 cm³/mol. The number of aromatic nitrogens is 1. The van der Waals surface area contributed by atoms with Gasteiger partial charge in [0.15, 0.2) is 0 Å². The number of pyridine rings is 1. The highest BCUT2D eigenvalue weighted by atomic mass is 16.6. The van der Waals surface area contributed by atoms with Gasteiger partial charge in [-0.25, -0.2) is 4.79 Å². The van der Waals surface area contributed by atoms with E-state index in [1.807, 2.05) is 11.5 Å². The molecule has 1 heterocycles. The molecule has 8 nitrogen and oxygen atoms in total. The molecule has 37 heavy (non-hydrogen) atoms. The van der Waals surface area contributed by atoms with Crippen LogP contribution in [0.5, 0.6) is 0 Å². The van der Waals surface area contributed by atoms with Crippen LogP contribution in [0, 0.1) is 11.8 Å². The molecule has 206 valence electrons. The predicted octanol–water partition coefficient (Wildman–Crippen LogP) is 4.69. The van der Waals surface area contributed by atoms with Crippen molar-refractivity contribution in [3.05, 3.63) is 33.2 Å². The van der Waals surface area contributed by atoms with Gasteiger partial charge in [0.2, 0.25) is 0 Å². The van der Waals surface area contributed by atoms with E-state index in [1.165, 1.54) is 26.4 Å². The smallest absolute Gasteiger partial charge is 0.372 e. The fourth-order valence-electron chi connectivity index (χ4n) is 5.61. The summed E-state index contributed by atoms with van der Waals surface area (Å²) in [6.45, 7) is 5.73. The lowest BCUT2D eigenvalue weighted by Crippen LogP contribution is -2.59. The van der Waals surface area contributed by atoms with Crippen molar-refractivity contribution in [2.75, 3.05) is 7.11 Å². The van der Waals surface area contributed by atoms with Gasteiger partial charge in [-0.1, -0.05) is 52.9 Å². The Hall–Kier alpha value is -2.64. The lowest BCUT2D eigenvalue weighted by atomic mass is 9.88. The fraction of sp³-hybridized carbons (Fsp3) is 0.724. The van der Waals surface area contributed by atoms with Crippen LogP contribution in [0.1, 0.15) is 113 Å². The lowest BCUT2D eigenvalue weighted by Gasteiger charge is -2.32. The van der Waals surface area contributed by atoms with E-state index >= 15 is 0 Å². The van der Waals surface area contributed by atoms with Crippen molar-refractivity contribution in [3.8, 4) is 0 Å². The zero-order chi connectivity index (χ0) is 27.0. The summed E-state index contributed by atoms with van der Waals surface area (Å²) in [5, 5.41) is 2.62. The van der Waals surface area contributed by atoms with Crippen LogP contribution in [0.25, 0.3) is 0 Å². The largest absolute Gasteiger partial charge is 0.465 e. The van der Waals surface area contributed by atoms with Gasteiger partial charge in [0, 0.05) is 18.7 Å². The Morgan fingerprint density at radius 1 is 1.05 bits per heavy atom. The van der Waals surface area contributed by atoms with Gasteiger partial charge >= 0.3 is 11.9 Å². The molecule has 1 saturated carbocycles. The number of fused-ring (bicyclic) bond motifs is 1. The Bertz CT molecular complexity index is 1020. The number of nitrogens with one attached hydrogen (secondary N) is 1. The van der Waals surface area contributed by atoms with E-state index in [-0.39, 0.29) is 17.5 Å². The molecular weight excluding hydrogens is 472 g/mol. The Labute approximate surface area is 220 Å². The van der Waals surface area contributed by atoms with Crippen molar-refractivity contribution in [2.45, 2.75) is 117 Å². The van der Waals surface area contributed by atoms with Gasteiger partial charge in [-0.05, 0) is 62.5 Å². The van der Waals surface area contributed by atoms with Crippen molar-refractivity contribution in [1.82, 2.24) is 9.88 Å². The first-order valence-electron chi connectivity index (χ1n) is 14.1. The first kappa shape index (κ1) is 28.9. The van der Waals surface area contributed by atoms with E-state index < -0.39 is 29.5 Å². The number of rotatable bonds is 9. The quantitative estimate of drug-likeness (QED) is 0.377. The van der Waals surface area contributed by atoms with Gasteiger partial charge in [0.05, 0.1) is 13.0 Å². The third-order valence-electron chi connectivity index (χ3n) is 7.69. The molecule has 1 aromatic rings. The first-order valence-corrected chi connectivity index (χ1v) is 14.1. The van der Waals surface area contributed by atoms with Crippen molar-refractivity contribution in [1.29, 1.82) is 0 Å². The van der Waals surface area contributed by atoms with Crippen molar-refractivity contribution in [3.63, 3.8) is 0 Å². The first-order chi connectivity index (χ1) is 17.7. The average Bonchev–Trinajstić information content (AvgIpc) is 2.86. The zero-order valence-electron chi connectivity index (χ0n) is 23.0. The standard InChI is InChI=1S/C29H44N2O6/c1-5-17-29(28(35)36-4,37-27(34)20(2)3)30-25(32)23-18-22-15-11-6-7-12-16-24(22)31(26(23)33)19-21-13-9-8-10-14-21/h18,20-21H,5-17,19H2,1-4H3,(H,30,32). The van der Waals surface area contributed by atoms with E-state index in [0.29, 0.717) is 18.9 Å². The molecule has 0 bridgehead atoms. The second-order valence-electron chi connectivity index (χ2n) is 11.0. The molecule has 1 N–H and O–H groups in total. The average molecular weight is 517 g/mol. The van der Waals surface area contributed by atoms with Crippen LogP contribution in [0.3, 0.4) is 0 Å². The number of hydrogen-bond acceptors (Lipinski definition) is 6. The molecule has 2 aliphatic carbocycles. The molecule has 8 heteroatoms. The third kappa shape index (κ3) is 7.02. The van der Waals surface area contributed by atoms with Gasteiger partial charge in [0.1, 0.15) is 5.56 Å². The number of ether oxygens (including phenoxy) is 2. The number of nitrogens with zero attached hydrogens (tertiary/aromatic N) is 1. The fourth-order valence-corrected chi connectivity index (χ4v) is 5.61. The molecule has 2 aliphatic rings. The van der Waals surface area contributed by atoms with Gasteiger partial charge < -0.3 is 19.4 Å². The Kier molecular flexibility index (Phi) is 10.4. The number of esters is 2. The number of aryl methyl sites for hydroxylation is 1. The summed E-state index contributed by atoms with van der Waals surface area (Å²) >= 11 is 0. The molecule has 1 unspecified atom stereocenters. The number of carbonyl (C=O) groups is 3. The van der Waals surface area contributed by atoms with Crippen LogP contribution in [0.15, 0.2) is 10.9 Å². The summed E-state index contributed by atoms with van der Waals surface area (Å²) in [7, 11) is 1.19. The Morgan fingerprint density at radius 3 is 2.32 bits per heavy atom. The Balaban J connectivity index is 2.05.